The van der Waals surface area contributed by atoms with E-state index in [-0.39, 0.29) is 11.4 Å². The zero-order valence-corrected chi connectivity index (χ0v) is 14.2. The van der Waals surface area contributed by atoms with Crippen LogP contribution in [0.2, 0.25) is 0 Å². The van der Waals surface area contributed by atoms with Gasteiger partial charge in [0, 0.05) is 6.20 Å². The normalized spacial score (nSPS) is 12.4. The topological polar surface area (TPSA) is 97.4 Å². The molecule has 1 heterocycles. The Hall–Kier alpha value is -2.45. The minimum atomic E-state index is -3.79. The summed E-state index contributed by atoms with van der Waals surface area (Å²) in [5.74, 6) is 0.118. The van der Waals surface area contributed by atoms with Crippen LogP contribution < -0.4 is 14.8 Å². The number of methoxy groups -OCH3 is 1. The fourth-order valence-corrected chi connectivity index (χ4v) is 3.15. The van der Waals surface area contributed by atoms with Crippen molar-refractivity contribution in [2.45, 2.75) is 24.4 Å². The summed E-state index contributed by atoms with van der Waals surface area (Å²) in [6, 6.07) is 10.4. The van der Waals surface area contributed by atoms with Crippen molar-refractivity contribution in [2.75, 3.05) is 7.11 Å². The largest absolute Gasteiger partial charge is 0.497 e. The molecule has 0 saturated carbocycles. The molecule has 1 amide bonds. The van der Waals surface area contributed by atoms with Gasteiger partial charge in [-0.15, -0.1) is 0 Å². The lowest BCUT2D eigenvalue weighted by atomic mass is 10.3. The van der Waals surface area contributed by atoms with Crippen LogP contribution in [0.25, 0.3) is 0 Å². The summed E-state index contributed by atoms with van der Waals surface area (Å²) in [4.78, 5) is 16.2. The summed E-state index contributed by atoms with van der Waals surface area (Å²) in [7, 11) is -2.30. The summed E-state index contributed by atoms with van der Waals surface area (Å²) in [5.41, 5.74) is 0.691. The number of benzene rings is 1. The van der Waals surface area contributed by atoms with Gasteiger partial charge in [0.15, 0.2) is 0 Å². The molecule has 0 aliphatic carbocycles. The van der Waals surface area contributed by atoms with Gasteiger partial charge in [-0.1, -0.05) is 6.07 Å². The van der Waals surface area contributed by atoms with Crippen molar-refractivity contribution in [2.24, 2.45) is 0 Å². The van der Waals surface area contributed by atoms with Crippen molar-refractivity contribution in [3.63, 3.8) is 0 Å². The third kappa shape index (κ3) is 4.77. The van der Waals surface area contributed by atoms with E-state index in [4.69, 9.17) is 4.74 Å². The zero-order valence-electron chi connectivity index (χ0n) is 13.4. The molecule has 1 aromatic carbocycles. The van der Waals surface area contributed by atoms with Crippen LogP contribution in [0.3, 0.4) is 0 Å². The van der Waals surface area contributed by atoms with Gasteiger partial charge in [-0.2, -0.15) is 4.72 Å². The lowest BCUT2D eigenvalue weighted by Gasteiger charge is -2.14. The van der Waals surface area contributed by atoms with Crippen molar-refractivity contribution in [1.82, 2.24) is 15.0 Å². The van der Waals surface area contributed by atoms with Gasteiger partial charge in [-0.25, -0.2) is 8.42 Å². The maximum atomic E-state index is 12.3. The molecule has 24 heavy (non-hydrogen) atoms. The van der Waals surface area contributed by atoms with Crippen LogP contribution in [-0.4, -0.2) is 32.5 Å². The summed E-state index contributed by atoms with van der Waals surface area (Å²) >= 11 is 0. The molecule has 1 unspecified atom stereocenters. The lowest BCUT2D eigenvalue weighted by molar-refractivity contribution is -0.122. The predicted molar refractivity (Wildman–Crippen MR) is 88.9 cm³/mol. The monoisotopic (exact) mass is 349 g/mol. The smallest absolute Gasteiger partial charge is 0.241 e. The Morgan fingerprint density at radius 1 is 1.21 bits per heavy atom. The minimum Gasteiger partial charge on any atom is -0.497 e. The first-order valence-corrected chi connectivity index (χ1v) is 8.74. The molecule has 7 nitrogen and oxygen atoms in total. The van der Waals surface area contributed by atoms with E-state index in [0.29, 0.717) is 11.4 Å². The van der Waals surface area contributed by atoms with Gasteiger partial charge in [0.2, 0.25) is 15.9 Å². The maximum Gasteiger partial charge on any atom is 0.241 e. The number of amides is 1. The molecule has 2 aromatic rings. The third-order valence-corrected chi connectivity index (χ3v) is 4.82. The van der Waals surface area contributed by atoms with Crippen LogP contribution in [0.1, 0.15) is 12.6 Å². The number of carbonyl (C=O) groups excluding carboxylic acids is 1. The molecule has 0 fully saturated rings. The van der Waals surface area contributed by atoms with Crippen LogP contribution in [-0.2, 0) is 21.4 Å². The molecule has 0 aliphatic heterocycles. The Morgan fingerprint density at radius 2 is 1.92 bits per heavy atom. The molecule has 128 valence electrons. The average Bonchev–Trinajstić information content (AvgIpc) is 2.60. The van der Waals surface area contributed by atoms with Crippen molar-refractivity contribution in [3.8, 4) is 5.75 Å². The second kappa shape index (κ2) is 7.89. The van der Waals surface area contributed by atoms with Gasteiger partial charge >= 0.3 is 0 Å². The highest BCUT2D eigenvalue weighted by Crippen LogP contribution is 2.15. The molecular formula is C16H19N3O4S. The number of rotatable bonds is 7. The van der Waals surface area contributed by atoms with Gasteiger partial charge in [-0.05, 0) is 43.3 Å². The Labute approximate surface area is 141 Å². The fourth-order valence-electron chi connectivity index (χ4n) is 1.94. The van der Waals surface area contributed by atoms with E-state index in [1.54, 1.807) is 30.5 Å². The third-order valence-electron chi connectivity index (χ3n) is 3.26. The van der Waals surface area contributed by atoms with Gasteiger partial charge in [0.25, 0.3) is 0 Å². The van der Waals surface area contributed by atoms with E-state index < -0.39 is 22.0 Å². The first-order valence-electron chi connectivity index (χ1n) is 7.26. The minimum absolute atomic E-state index is 0.0627. The van der Waals surface area contributed by atoms with E-state index in [9.17, 15) is 13.2 Å². The Kier molecular flexibility index (Phi) is 5.88. The Bertz CT molecular complexity index is 777. The van der Waals surface area contributed by atoms with Gasteiger partial charge in [-0.3, -0.25) is 9.78 Å². The van der Waals surface area contributed by atoms with Gasteiger partial charge in [0.1, 0.15) is 5.75 Å². The highest BCUT2D eigenvalue weighted by molar-refractivity contribution is 7.89. The Balaban J connectivity index is 1.96. The fraction of sp³-hybridized carbons (Fsp3) is 0.250. The van der Waals surface area contributed by atoms with Crippen molar-refractivity contribution < 1.29 is 17.9 Å². The number of nitrogens with one attached hydrogen (secondary N) is 2. The number of aromatic nitrogens is 1. The summed E-state index contributed by atoms with van der Waals surface area (Å²) in [5, 5.41) is 2.64. The maximum absolute atomic E-state index is 12.3. The van der Waals surface area contributed by atoms with Crippen molar-refractivity contribution >= 4 is 15.9 Å². The number of ether oxygens (including phenoxy) is 1. The van der Waals surface area contributed by atoms with Gasteiger partial charge < -0.3 is 10.1 Å². The summed E-state index contributed by atoms with van der Waals surface area (Å²) in [6.45, 7) is 1.71. The molecule has 2 N–H and O–H groups in total. The second-order valence-electron chi connectivity index (χ2n) is 5.06. The molecule has 0 spiro atoms. The van der Waals surface area contributed by atoms with Crippen LogP contribution in [0.15, 0.2) is 53.6 Å². The van der Waals surface area contributed by atoms with E-state index >= 15 is 0 Å². The predicted octanol–water partition coefficient (Wildman–Crippen LogP) is 1.07. The number of sulfonamides is 1. The quantitative estimate of drug-likeness (QED) is 0.779. The first kappa shape index (κ1) is 17.9. The second-order valence-corrected chi connectivity index (χ2v) is 6.77. The lowest BCUT2D eigenvalue weighted by Crippen LogP contribution is -2.44. The van der Waals surface area contributed by atoms with Crippen LogP contribution in [0, 0.1) is 0 Å². The molecule has 0 radical (unpaired) electrons. The molecular weight excluding hydrogens is 330 g/mol. The Morgan fingerprint density at radius 3 is 2.50 bits per heavy atom. The number of hydrogen-bond donors (Lipinski definition) is 2. The first-order chi connectivity index (χ1) is 11.4. The number of pyridine rings is 1. The molecule has 8 heteroatoms. The highest BCUT2D eigenvalue weighted by atomic mass is 32.2. The summed E-state index contributed by atoms with van der Waals surface area (Å²) in [6.07, 6.45) is 1.62. The molecule has 2 rings (SSSR count). The standard InChI is InChI=1S/C16H19N3O4S/c1-12(16(20)18-11-13-5-3-4-10-17-13)19-24(21,22)15-8-6-14(23-2)7-9-15/h3-10,12,19H,11H2,1-2H3,(H,18,20). The van der Waals surface area contributed by atoms with E-state index in [1.165, 1.54) is 26.2 Å². The number of carbonyl (C=O) groups is 1. The van der Waals surface area contributed by atoms with Crippen LogP contribution in [0.4, 0.5) is 0 Å². The highest BCUT2D eigenvalue weighted by Gasteiger charge is 2.21. The summed E-state index contributed by atoms with van der Waals surface area (Å²) < 4.78 is 31.9. The number of hydrogen-bond acceptors (Lipinski definition) is 5. The van der Waals surface area contributed by atoms with E-state index in [2.05, 4.69) is 15.0 Å². The van der Waals surface area contributed by atoms with Crippen LogP contribution >= 0.6 is 0 Å². The molecule has 1 aromatic heterocycles. The average molecular weight is 349 g/mol. The van der Waals surface area contributed by atoms with E-state index in [0.717, 1.165) is 0 Å². The van der Waals surface area contributed by atoms with Gasteiger partial charge in [0.05, 0.1) is 30.3 Å². The van der Waals surface area contributed by atoms with Crippen molar-refractivity contribution in [3.05, 3.63) is 54.4 Å². The van der Waals surface area contributed by atoms with Crippen LogP contribution in [0.5, 0.6) is 5.75 Å². The molecule has 0 aliphatic rings. The molecule has 0 saturated heterocycles. The SMILES string of the molecule is COc1ccc(S(=O)(=O)NC(C)C(=O)NCc2ccccn2)cc1. The number of nitrogens with zero attached hydrogens (tertiary/aromatic N) is 1. The molecule has 0 bridgehead atoms. The molecule has 1 atom stereocenters. The van der Waals surface area contributed by atoms with E-state index in [1.807, 2.05) is 6.07 Å². The zero-order chi connectivity index (χ0) is 17.6. The van der Waals surface area contributed by atoms with Crippen molar-refractivity contribution in [1.29, 1.82) is 0 Å².